The molecule has 3 N–H and O–H groups in total. The quantitative estimate of drug-likeness (QED) is 0.864. The maximum absolute atomic E-state index is 5.94. The minimum atomic E-state index is 0.234. The molecular formula is C17H28N2. The van der Waals surface area contributed by atoms with Gasteiger partial charge in [0.05, 0.1) is 0 Å². The van der Waals surface area contributed by atoms with Crippen LogP contribution in [0.1, 0.15) is 52.0 Å². The molecule has 1 aliphatic rings. The first-order valence-corrected chi connectivity index (χ1v) is 7.55. The topological polar surface area (TPSA) is 38.0 Å². The van der Waals surface area contributed by atoms with Gasteiger partial charge in [0.2, 0.25) is 0 Å². The van der Waals surface area contributed by atoms with Gasteiger partial charge in [-0.15, -0.1) is 0 Å². The number of hydrogen-bond acceptors (Lipinski definition) is 2. The monoisotopic (exact) mass is 260 g/mol. The summed E-state index contributed by atoms with van der Waals surface area (Å²) in [5.41, 5.74) is 8.80. The van der Waals surface area contributed by atoms with E-state index < -0.39 is 0 Å². The van der Waals surface area contributed by atoms with Crippen molar-refractivity contribution in [1.82, 2.24) is 0 Å². The van der Waals surface area contributed by atoms with E-state index in [1.54, 1.807) is 0 Å². The molecule has 106 valence electrons. The van der Waals surface area contributed by atoms with Crippen molar-refractivity contribution in [2.45, 2.75) is 57.9 Å². The number of rotatable bonds is 3. The molecule has 1 aromatic carbocycles. The lowest BCUT2D eigenvalue weighted by molar-refractivity contribution is 0.339. The zero-order chi connectivity index (χ0) is 13.9. The summed E-state index contributed by atoms with van der Waals surface area (Å²) in [6.07, 6.45) is 4.92. The molecule has 19 heavy (non-hydrogen) atoms. The van der Waals surface area contributed by atoms with Gasteiger partial charge in [0.1, 0.15) is 0 Å². The van der Waals surface area contributed by atoms with Crippen LogP contribution in [0, 0.1) is 5.92 Å². The molecule has 0 heterocycles. The summed E-state index contributed by atoms with van der Waals surface area (Å²) in [4.78, 5) is 0. The fourth-order valence-electron chi connectivity index (χ4n) is 2.74. The van der Waals surface area contributed by atoms with E-state index in [4.69, 9.17) is 5.73 Å². The zero-order valence-corrected chi connectivity index (χ0v) is 12.6. The van der Waals surface area contributed by atoms with E-state index in [0.717, 1.165) is 12.5 Å². The molecule has 0 saturated heterocycles. The average molecular weight is 260 g/mol. The Morgan fingerprint density at radius 3 is 2.16 bits per heavy atom. The van der Waals surface area contributed by atoms with E-state index in [-0.39, 0.29) is 5.41 Å². The van der Waals surface area contributed by atoms with Gasteiger partial charge >= 0.3 is 0 Å². The van der Waals surface area contributed by atoms with Crippen molar-refractivity contribution in [2.24, 2.45) is 11.7 Å². The lowest BCUT2D eigenvalue weighted by Crippen LogP contribution is -2.29. The maximum atomic E-state index is 5.94. The Hall–Kier alpha value is -1.02. The molecule has 0 bridgehead atoms. The predicted octanol–water partition coefficient (Wildman–Crippen LogP) is 3.91. The lowest BCUT2D eigenvalue weighted by Gasteiger charge is -2.26. The molecular weight excluding hydrogens is 232 g/mol. The molecule has 0 radical (unpaired) electrons. The second kappa shape index (κ2) is 5.96. The van der Waals surface area contributed by atoms with Gasteiger partial charge < -0.3 is 11.1 Å². The standard InChI is InChI=1S/C17H28N2/c1-17(2,3)14-6-10-16(11-7-14)19-12-13-4-8-15(18)9-5-13/h6-7,10-11,13,15,19H,4-5,8-9,12,18H2,1-3H3. The smallest absolute Gasteiger partial charge is 0.0340 e. The third-order valence-electron chi connectivity index (χ3n) is 4.24. The third kappa shape index (κ3) is 4.24. The Labute approximate surface area is 117 Å². The lowest BCUT2D eigenvalue weighted by atomic mass is 9.86. The second-order valence-electron chi connectivity index (χ2n) is 6.99. The maximum Gasteiger partial charge on any atom is 0.0340 e. The Morgan fingerprint density at radius 1 is 1.05 bits per heavy atom. The van der Waals surface area contributed by atoms with E-state index in [1.165, 1.54) is 36.9 Å². The largest absolute Gasteiger partial charge is 0.385 e. The van der Waals surface area contributed by atoms with Crippen LogP contribution in [0.5, 0.6) is 0 Å². The number of nitrogens with two attached hydrogens (primary N) is 1. The second-order valence-corrected chi connectivity index (χ2v) is 6.99. The normalized spacial score (nSPS) is 24.2. The third-order valence-corrected chi connectivity index (χ3v) is 4.24. The first-order valence-electron chi connectivity index (χ1n) is 7.55. The van der Waals surface area contributed by atoms with Crippen LogP contribution in [-0.2, 0) is 5.41 Å². The molecule has 0 aliphatic heterocycles. The Bertz CT molecular complexity index is 381. The molecule has 0 spiro atoms. The van der Waals surface area contributed by atoms with Gasteiger partial charge in [-0.3, -0.25) is 0 Å². The van der Waals surface area contributed by atoms with Crippen molar-refractivity contribution >= 4 is 5.69 Å². The molecule has 2 heteroatoms. The van der Waals surface area contributed by atoms with E-state index in [1.807, 2.05) is 0 Å². The van der Waals surface area contributed by atoms with Crippen LogP contribution in [0.4, 0.5) is 5.69 Å². The number of anilines is 1. The van der Waals surface area contributed by atoms with Crippen molar-refractivity contribution in [3.05, 3.63) is 29.8 Å². The molecule has 1 aromatic rings. The SMILES string of the molecule is CC(C)(C)c1ccc(NCC2CCC(N)CC2)cc1. The van der Waals surface area contributed by atoms with Gasteiger partial charge in [-0.2, -0.15) is 0 Å². The van der Waals surface area contributed by atoms with Crippen molar-refractivity contribution in [3.63, 3.8) is 0 Å². The molecule has 1 fully saturated rings. The highest BCUT2D eigenvalue weighted by Crippen LogP contribution is 2.25. The molecule has 0 amide bonds. The van der Waals surface area contributed by atoms with Crippen LogP contribution < -0.4 is 11.1 Å². The van der Waals surface area contributed by atoms with Gasteiger partial charge in [0.15, 0.2) is 0 Å². The van der Waals surface area contributed by atoms with Gasteiger partial charge in [0, 0.05) is 18.3 Å². The summed E-state index contributed by atoms with van der Waals surface area (Å²) in [5, 5.41) is 3.57. The first-order chi connectivity index (χ1) is 8.95. The summed E-state index contributed by atoms with van der Waals surface area (Å²) in [6, 6.07) is 9.32. The van der Waals surface area contributed by atoms with Crippen LogP contribution in [0.3, 0.4) is 0 Å². The van der Waals surface area contributed by atoms with Crippen molar-refractivity contribution in [3.8, 4) is 0 Å². The number of hydrogen-bond donors (Lipinski definition) is 2. The highest BCUT2D eigenvalue weighted by atomic mass is 14.9. The molecule has 1 saturated carbocycles. The Morgan fingerprint density at radius 2 is 1.63 bits per heavy atom. The minimum Gasteiger partial charge on any atom is -0.385 e. The zero-order valence-electron chi connectivity index (χ0n) is 12.6. The van der Waals surface area contributed by atoms with Gasteiger partial charge in [-0.25, -0.2) is 0 Å². The highest BCUT2D eigenvalue weighted by molar-refractivity contribution is 5.45. The summed E-state index contributed by atoms with van der Waals surface area (Å²) in [7, 11) is 0. The Balaban J connectivity index is 1.83. The summed E-state index contributed by atoms with van der Waals surface area (Å²) in [6.45, 7) is 7.84. The van der Waals surface area contributed by atoms with E-state index in [0.29, 0.717) is 6.04 Å². The molecule has 1 aliphatic carbocycles. The van der Waals surface area contributed by atoms with Crippen molar-refractivity contribution in [1.29, 1.82) is 0 Å². The molecule has 0 unspecified atom stereocenters. The summed E-state index contributed by atoms with van der Waals surface area (Å²) < 4.78 is 0. The van der Waals surface area contributed by atoms with Gasteiger partial charge in [0.25, 0.3) is 0 Å². The van der Waals surface area contributed by atoms with Crippen LogP contribution in [-0.4, -0.2) is 12.6 Å². The van der Waals surface area contributed by atoms with Crippen LogP contribution >= 0.6 is 0 Å². The first kappa shape index (κ1) is 14.4. The predicted molar refractivity (Wildman–Crippen MR) is 83.6 cm³/mol. The Kier molecular flexibility index (Phi) is 4.51. The van der Waals surface area contributed by atoms with Gasteiger partial charge in [-0.1, -0.05) is 32.9 Å². The van der Waals surface area contributed by atoms with Crippen LogP contribution in [0.15, 0.2) is 24.3 Å². The van der Waals surface area contributed by atoms with Gasteiger partial charge in [-0.05, 0) is 54.7 Å². The molecule has 2 rings (SSSR count). The van der Waals surface area contributed by atoms with Crippen LogP contribution in [0.2, 0.25) is 0 Å². The van der Waals surface area contributed by atoms with Crippen LogP contribution in [0.25, 0.3) is 0 Å². The molecule has 0 aromatic heterocycles. The minimum absolute atomic E-state index is 0.234. The highest BCUT2D eigenvalue weighted by Gasteiger charge is 2.18. The van der Waals surface area contributed by atoms with Crippen molar-refractivity contribution < 1.29 is 0 Å². The molecule has 0 atom stereocenters. The van der Waals surface area contributed by atoms with E-state index in [9.17, 15) is 0 Å². The number of nitrogens with one attached hydrogen (secondary N) is 1. The summed E-state index contributed by atoms with van der Waals surface area (Å²) in [5.74, 6) is 0.794. The number of benzene rings is 1. The fourth-order valence-corrected chi connectivity index (χ4v) is 2.74. The van der Waals surface area contributed by atoms with E-state index in [2.05, 4.69) is 50.4 Å². The molecule has 2 nitrogen and oxygen atoms in total. The average Bonchev–Trinajstić information content (AvgIpc) is 2.37. The van der Waals surface area contributed by atoms with E-state index >= 15 is 0 Å². The fraction of sp³-hybridized carbons (Fsp3) is 0.647. The summed E-state index contributed by atoms with van der Waals surface area (Å²) >= 11 is 0. The van der Waals surface area contributed by atoms with Crippen molar-refractivity contribution in [2.75, 3.05) is 11.9 Å².